The molecular weight excluding hydrogens is 220 g/mol. The minimum absolute atomic E-state index is 0.239. The van der Waals surface area contributed by atoms with Crippen LogP contribution in [0.2, 0.25) is 0 Å². The minimum atomic E-state index is -0.275. The Hall–Kier alpha value is -2.17. The van der Waals surface area contributed by atoms with Gasteiger partial charge in [-0.15, -0.1) is 0 Å². The second kappa shape index (κ2) is 4.37. The van der Waals surface area contributed by atoms with E-state index in [1.54, 1.807) is 25.3 Å². The number of methoxy groups -OCH3 is 1. The predicted molar refractivity (Wildman–Crippen MR) is 60.1 cm³/mol. The van der Waals surface area contributed by atoms with E-state index in [4.69, 9.17) is 4.74 Å². The number of hydrogen-bond donors (Lipinski definition) is 0. The molecule has 2 heterocycles. The Morgan fingerprint density at radius 1 is 1.35 bits per heavy atom. The van der Waals surface area contributed by atoms with Gasteiger partial charge in [-0.3, -0.25) is 14.5 Å². The summed E-state index contributed by atoms with van der Waals surface area (Å²) in [5, 5.41) is 0. The van der Waals surface area contributed by atoms with Crippen LogP contribution in [0.4, 0.5) is 0 Å². The molecule has 17 heavy (non-hydrogen) atoms. The smallest absolute Gasteiger partial charge is 0.256 e. The quantitative estimate of drug-likeness (QED) is 0.727. The summed E-state index contributed by atoms with van der Waals surface area (Å²) in [7, 11) is 1.53. The molecule has 0 fully saturated rings. The second-order valence-corrected chi connectivity index (χ2v) is 3.77. The maximum absolute atomic E-state index is 11.6. The molecule has 0 N–H and O–H groups in total. The first-order valence-electron chi connectivity index (χ1n) is 5.15. The molecule has 0 saturated carbocycles. The standard InChI is InChI=1S/C12H12N2O3/c1-8-5-11(15)14(12(8)16)7-9-3-4-10(17-2)13-6-9/h3-6H,7H2,1-2H3. The van der Waals surface area contributed by atoms with E-state index in [0.29, 0.717) is 11.5 Å². The Balaban J connectivity index is 2.11. The molecule has 0 unspecified atom stereocenters. The van der Waals surface area contributed by atoms with E-state index >= 15 is 0 Å². The number of imide groups is 1. The van der Waals surface area contributed by atoms with Crippen LogP contribution < -0.4 is 4.74 Å². The number of rotatable bonds is 3. The predicted octanol–water partition coefficient (Wildman–Crippen LogP) is 0.905. The number of amides is 2. The molecule has 1 aliphatic heterocycles. The van der Waals surface area contributed by atoms with Gasteiger partial charge in [0.1, 0.15) is 0 Å². The van der Waals surface area contributed by atoms with Gasteiger partial charge in [-0.25, -0.2) is 4.98 Å². The van der Waals surface area contributed by atoms with Crippen LogP contribution in [0.25, 0.3) is 0 Å². The van der Waals surface area contributed by atoms with Crippen LogP contribution in [-0.2, 0) is 16.1 Å². The maximum Gasteiger partial charge on any atom is 0.256 e. The van der Waals surface area contributed by atoms with E-state index in [-0.39, 0.29) is 18.4 Å². The van der Waals surface area contributed by atoms with Crippen LogP contribution >= 0.6 is 0 Å². The summed E-state index contributed by atoms with van der Waals surface area (Å²) in [6.07, 6.45) is 2.94. The van der Waals surface area contributed by atoms with Gasteiger partial charge in [0.15, 0.2) is 0 Å². The molecule has 2 amide bonds. The zero-order valence-electron chi connectivity index (χ0n) is 9.64. The first-order chi connectivity index (χ1) is 8.11. The molecule has 0 radical (unpaired) electrons. The molecule has 5 nitrogen and oxygen atoms in total. The third-order valence-corrected chi connectivity index (χ3v) is 2.54. The summed E-state index contributed by atoms with van der Waals surface area (Å²) in [6, 6.07) is 3.47. The summed E-state index contributed by atoms with van der Waals surface area (Å²) in [5.74, 6) is -0.0173. The lowest BCUT2D eigenvalue weighted by molar-refractivity contribution is -0.137. The van der Waals surface area contributed by atoms with Gasteiger partial charge < -0.3 is 4.74 Å². The average Bonchev–Trinajstić information content (AvgIpc) is 2.57. The lowest BCUT2D eigenvalue weighted by Crippen LogP contribution is -2.30. The van der Waals surface area contributed by atoms with Gasteiger partial charge in [-0.05, 0) is 12.5 Å². The van der Waals surface area contributed by atoms with Crippen molar-refractivity contribution < 1.29 is 14.3 Å². The third-order valence-electron chi connectivity index (χ3n) is 2.54. The van der Waals surface area contributed by atoms with Crippen LogP contribution in [0.1, 0.15) is 12.5 Å². The third kappa shape index (κ3) is 2.18. The Morgan fingerprint density at radius 3 is 2.59 bits per heavy atom. The molecule has 0 aromatic carbocycles. The topological polar surface area (TPSA) is 59.5 Å². The summed E-state index contributed by atoms with van der Waals surface area (Å²) < 4.78 is 4.93. The Bertz CT molecular complexity index is 491. The highest BCUT2D eigenvalue weighted by Crippen LogP contribution is 2.16. The molecular formula is C12H12N2O3. The highest BCUT2D eigenvalue weighted by Gasteiger charge is 2.28. The van der Waals surface area contributed by atoms with E-state index in [0.717, 1.165) is 5.56 Å². The fraction of sp³-hybridized carbons (Fsp3) is 0.250. The zero-order valence-corrected chi connectivity index (χ0v) is 9.64. The molecule has 1 aromatic heterocycles. The first kappa shape index (κ1) is 11.3. The van der Waals surface area contributed by atoms with Crippen LogP contribution in [0.15, 0.2) is 30.0 Å². The van der Waals surface area contributed by atoms with E-state index in [1.165, 1.54) is 18.1 Å². The van der Waals surface area contributed by atoms with Crippen molar-refractivity contribution in [2.24, 2.45) is 0 Å². The molecule has 1 aliphatic rings. The van der Waals surface area contributed by atoms with E-state index in [1.807, 2.05) is 0 Å². The maximum atomic E-state index is 11.6. The normalized spacial score (nSPS) is 15.2. The monoisotopic (exact) mass is 232 g/mol. The van der Waals surface area contributed by atoms with Gasteiger partial charge >= 0.3 is 0 Å². The van der Waals surface area contributed by atoms with Crippen LogP contribution in [0.3, 0.4) is 0 Å². The largest absolute Gasteiger partial charge is 0.481 e. The van der Waals surface area contributed by atoms with Crippen molar-refractivity contribution in [3.05, 3.63) is 35.5 Å². The van der Waals surface area contributed by atoms with Gasteiger partial charge in [-0.2, -0.15) is 0 Å². The molecule has 2 rings (SSSR count). The van der Waals surface area contributed by atoms with Gasteiger partial charge in [0.05, 0.1) is 13.7 Å². The van der Waals surface area contributed by atoms with Crippen molar-refractivity contribution in [3.8, 4) is 5.88 Å². The minimum Gasteiger partial charge on any atom is -0.481 e. The highest BCUT2D eigenvalue weighted by atomic mass is 16.5. The summed E-state index contributed by atoms with van der Waals surface area (Å²) in [6.45, 7) is 1.87. The molecule has 0 saturated heterocycles. The Labute approximate surface area is 98.7 Å². The number of carbonyl (C=O) groups excluding carboxylic acids is 2. The van der Waals surface area contributed by atoms with Gasteiger partial charge in [-0.1, -0.05) is 6.07 Å². The van der Waals surface area contributed by atoms with Gasteiger partial charge in [0, 0.05) is 23.9 Å². The number of ether oxygens (including phenoxy) is 1. The van der Waals surface area contributed by atoms with Crippen molar-refractivity contribution in [2.45, 2.75) is 13.5 Å². The number of pyridine rings is 1. The molecule has 5 heteroatoms. The van der Waals surface area contributed by atoms with Crippen molar-refractivity contribution in [1.29, 1.82) is 0 Å². The Morgan fingerprint density at radius 2 is 2.12 bits per heavy atom. The van der Waals surface area contributed by atoms with Gasteiger partial charge in [0.2, 0.25) is 5.88 Å². The van der Waals surface area contributed by atoms with Crippen LogP contribution in [0.5, 0.6) is 5.88 Å². The SMILES string of the molecule is COc1ccc(CN2C(=O)C=C(C)C2=O)cn1. The fourth-order valence-electron chi connectivity index (χ4n) is 1.60. The molecule has 0 aliphatic carbocycles. The lowest BCUT2D eigenvalue weighted by Gasteiger charge is -2.14. The van der Waals surface area contributed by atoms with Crippen molar-refractivity contribution >= 4 is 11.8 Å². The number of carbonyl (C=O) groups is 2. The highest BCUT2D eigenvalue weighted by molar-refractivity contribution is 6.15. The zero-order chi connectivity index (χ0) is 12.4. The summed E-state index contributed by atoms with van der Waals surface area (Å²) in [4.78, 5) is 28.4. The van der Waals surface area contributed by atoms with E-state index in [9.17, 15) is 9.59 Å². The second-order valence-electron chi connectivity index (χ2n) is 3.77. The molecule has 0 atom stereocenters. The molecule has 88 valence electrons. The van der Waals surface area contributed by atoms with Crippen LogP contribution in [0, 0.1) is 0 Å². The van der Waals surface area contributed by atoms with Crippen molar-refractivity contribution in [3.63, 3.8) is 0 Å². The van der Waals surface area contributed by atoms with E-state index in [2.05, 4.69) is 4.98 Å². The summed E-state index contributed by atoms with van der Waals surface area (Å²) in [5.41, 5.74) is 1.26. The fourth-order valence-corrected chi connectivity index (χ4v) is 1.60. The average molecular weight is 232 g/mol. The molecule has 1 aromatic rings. The van der Waals surface area contributed by atoms with E-state index < -0.39 is 0 Å². The molecule has 0 spiro atoms. The number of aromatic nitrogens is 1. The first-order valence-corrected chi connectivity index (χ1v) is 5.15. The number of nitrogens with zero attached hydrogens (tertiary/aromatic N) is 2. The Kier molecular flexibility index (Phi) is 2.91. The lowest BCUT2D eigenvalue weighted by atomic mass is 10.2. The number of hydrogen-bond acceptors (Lipinski definition) is 4. The van der Waals surface area contributed by atoms with Crippen molar-refractivity contribution in [2.75, 3.05) is 7.11 Å². The molecule has 0 bridgehead atoms. The van der Waals surface area contributed by atoms with Crippen molar-refractivity contribution in [1.82, 2.24) is 9.88 Å². The summed E-state index contributed by atoms with van der Waals surface area (Å²) >= 11 is 0. The van der Waals surface area contributed by atoms with Crippen LogP contribution in [-0.4, -0.2) is 28.8 Å². The van der Waals surface area contributed by atoms with Gasteiger partial charge in [0.25, 0.3) is 11.8 Å².